The number of ether oxygens (including phenoxy) is 2. The van der Waals surface area contributed by atoms with E-state index in [0.717, 1.165) is 5.69 Å². The maximum absolute atomic E-state index is 11.6. The standard InChI is InChI=1S/C16H24N2O3/c1-20-16(19)14-11-12(7-8-15(14)17)18-9-10-21-13-5-3-2-4-6-13/h7-8,11,13,18H,2-6,9-10,17H2,1H3. The van der Waals surface area contributed by atoms with Gasteiger partial charge in [-0.3, -0.25) is 0 Å². The highest BCUT2D eigenvalue weighted by atomic mass is 16.5. The Morgan fingerprint density at radius 3 is 2.81 bits per heavy atom. The smallest absolute Gasteiger partial charge is 0.340 e. The van der Waals surface area contributed by atoms with Crippen LogP contribution in [0, 0.1) is 0 Å². The van der Waals surface area contributed by atoms with Crippen molar-refractivity contribution in [1.82, 2.24) is 0 Å². The van der Waals surface area contributed by atoms with Gasteiger partial charge in [-0.2, -0.15) is 0 Å². The number of esters is 1. The minimum absolute atomic E-state index is 0.385. The van der Waals surface area contributed by atoms with Gasteiger partial charge in [0, 0.05) is 17.9 Å². The maximum Gasteiger partial charge on any atom is 0.340 e. The summed E-state index contributed by atoms with van der Waals surface area (Å²) in [6.07, 6.45) is 6.65. The van der Waals surface area contributed by atoms with E-state index in [1.165, 1.54) is 39.2 Å². The fraction of sp³-hybridized carbons (Fsp3) is 0.562. The summed E-state index contributed by atoms with van der Waals surface area (Å²) in [4.78, 5) is 11.6. The fourth-order valence-corrected chi connectivity index (χ4v) is 2.61. The molecule has 1 fully saturated rings. The molecule has 0 amide bonds. The normalized spacial score (nSPS) is 15.7. The first-order valence-electron chi connectivity index (χ1n) is 7.54. The van der Waals surface area contributed by atoms with E-state index in [4.69, 9.17) is 15.2 Å². The van der Waals surface area contributed by atoms with Crippen LogP contribution in [0.15, 0.2) is 18.2 Å². The third kappa shape index (κ3) is 4.63. The molecule has 1 aromatic rings. The van der Waals surface area contributed by atoms with Gasteiger partial charge in [0.15, 0.2) is 0 Å². The van der Waals surface area contributed by atoms with Crippen molar-refractivity contribution in [3.8, 4) is 0 Å². The molecule has 0 saturated heterocycles. The first kappa shape index (κ1) is 15.6. The van der Waals surface area contributed by atoms with Crippen molar-refractivity contribution in [2.24, 2.45) is 0 Å². The third-order valence-corrected chi connectivity index (χ3v) is 3.80. The van der Waals surface area contributed by atoms with Gasteiger partial charge in [0.1, 0.15) is 0 Å². The van der Waals surface area contributed by atoms with Gasteiger partial charge in [-0.25, -0.2) is 4.79 Å². The van der Waals surface area contributed by atoms with Crippen LogP contribution in [0.1, 0.15) is 42.5 Å². The molecular formula is C16H24N2O3. The van der Waals surface area contributed by atoms with Gasteiger partial charge in [0.05, 0.1) is 25.4 Å². The molecule has 1 aromatic carbocycles. The molecule has 1 aliphatic carbocycles. The molecule has 3 N–H and O–H groups in total. The number of carbonyl (C=O) groups is 1. The Hall–Kier alpha value is -1.75. The highest BCUT2D eigenvalue weighted by Gasteiger charge is 2.13. The van der Waals surface area contributed by atoms with Crippen molar-refractivity contribution in [2.75, 3.05) is 31.3 Å². The zero-order valence-corrected chi connectivity index (χ0v) is 12.6. The van der Waals surface area contributed by atoms with Crippen molar-refractivity contribution < 1.29 is 14.3 Å². The number of hydrogen-bond acceptors (Lipinski definition) is 5. The number of benzene rings is 1. The molecule has 0 unspecified atom stereocenters. The minimum Gasteiger partial charge on any atom is -0.465 e. The Morgan fingerprint density at radius 2 is 2.10 bits per heavy atom. The monoisotopic (exact) mass is 292 g/mol. The second-order valence-corrected chi connectivity index (χ2v) is 5.35. The number of nitrogens with two attached hydrogens (primary N) is 1. The molecule has 1 saturated carbocycles. The van der Waals surface area contributed by atoms with Crippen LogP contribution in [-0.2, 0) is 9.47 Å². The largest absolute Gasteiger partial charge is 0.465 e. The zero-order valence-electron chi connectivity index (χ0n) is 12.6. The second-order valence-electron chi connectivity index (χ2n) is 5.35. The van der Waals surface area contributed by atoms with Gasteiger partial charge in [-0.15, -0.1) is 0 Å². The molecular weight excluding hydrogens is 268 g/mol. The molecule has 0 aliphatic heterocycles. The van der Waals surface area contributed by atoms with Crippen LogP contribution in [-0.4, -0.2) is 32.3 Å². The van der Waals surface area contributed by atoms with E-state index in [-0.39, 0.29) is 0 Å². The summed E-state index contributed by atoms with van der Waals surface area (Å²) in [6, 6.07) is 5.26. The van der Waals surface area contributed by atoms with Gasteiger partial charge in [-0.05, 0) is 31.0 Å². The molecule has 0 atom stereocenters. The molecule has 1 aliphatic rings. The number of methoxy groups -OCH3 is 1. The van der Waals surface area contributed by atoms with Crippen LogP contribution in [0.5, 0.6) is 0 Å². The van der Waals surface area contributed by atoms with E-state index < -0.39 is 5.97 Å². The van der Waals surface area contributed by atoms with Crippen LogP contribution < -0.4 is 11.1 Å². The first-order valence-corrected chi connectivity index (χ1v) is 7.54. The Bertz CT molecular complexity index is 471. The Balaban J connectivity index is 1.78. The lowest BCUT2D eigenvalue weighted by atomic mass is 9.98. The van der Waals surface area contributed by atoms with Crippen LogP contribution in [0.25, 0.3) is 0 Å². The quantitative estimate of drug-likeness (QED) is 0.479. The fourth-order valence-electron chi connectivity index (χ4n) is 2.61. The van der Waals surface area contributed by atoms with E-state index in [2.05, 4.69) is 5.32 Å². The number of carbonyl (C=O) groups excluding carboxylic acids is 1. The second kappa shape index (κ2) is 7.88. The van der Waals surface area contributed by atoms with Gasteiger partial charge < -0.3 is 20.5 Å². The minimum atomic E-state index is -0.422. The number of anilines is 2. The van der Waals surface area contributed by atoms with Crippen molar-refractivity contribution in [2.45, 2.75) is 38.2 Å². The van der Waals surface area contributed by atoms with Crippen LogP contribution in [0.2, 0.25) is 0 Å². The Kier molecular flexibility index (Phi) is 5.87. The number of nitrogen functional groups attached to an aromatic ring is 1. The zero-order chi connectivity index (χ0) is 15.1. The van der Waals surface area contributed by atoms with Gasteiger partial charge in [0.2, 0.25) is 0 Å². The predicted molar refractivity (Wildman–Crippen MR) is 83.5 cm³/mol. The summed E-state index contributed by atoms with van der Waals surface area (Å²) in [7, 11) is 1.35. The molecule has 0 spiro atoms. The number of rotatable bonds is 6. The van der Waals surface area contributed by atoms with Crippen LogP contribution >= 0.6 is 0 Å². The van der Waals surface area contributed by atoms with Crippen molar-refractivity contribution >= 4 is 17.3 Å². The molecule has 0 radical (unpaired) electrons. The highest BCUT2D eigenvalue weighted by Crippen LogP contribution is 2.21. The average molecular weight is 292 g/mol. The summed E-state index contributed by atoms with van der Waals surface area (Å²) in [5, 5.41) is 3.24. The lowest BCUT2D eigenvalue weighted by Crippen LogP contribution is -2.20. The lowest BCUT2D eigenvalue weighted by molar-refractivity contribution is 0.0347. The van der Waals surface area contributed by atoms with Crippen molar-refractivity contribution in [3.05, 3.63) is 23.8 Å². The topological polar surface area (TPSA) is 73.6 Å². The summed E-state index contributed by atoms with van der Waals surface area (Å²) >= 11 is 0. The first-order chi connectivity index (χ1) is 10.2. The van der Waals surface area contributed by atoms with E-state index in [1.807, 2.05) is 6.07 Å². The van der Waals surface area contributed by atoms with Crippen LogP contribution in [0.4, 0.5) is 11.4 Å². The van der Waals surface area contributed by atoms with E-state index in [1.54, 1.807) is 12.1 Å². The molecule has 0 aromatic heterocycles. The molecule has 5 nitrogen and oxygen atoms in total. The van der Waals surface area contributed by atoms with Crippen LogP contribution in [0.3, 0.4) is 0 Å². The van der Waals surface area contributed by atoms with E-state index in [0.29, 0.717) is 30.5 Å². The molecule has 5 heteroatoms. The van der Waals surface area contributed by atoms with Crippen molar-refractivity contribution in [1.29, 1.82) is 0 Å². The maximum atomic E-state index is 11.6. The number of hydrogen-bond donors (Lipinski definition) is 2. The summed E-state index contributed by atoms with van der Waals surface area (Å²) < 4.78 is 10.6. The molecule has 0 bridgehead atoms. The van der Waals surface area contributed by atoms with Gasteiger partial charge in [0.25, 0.3) is 0 Å². The molecule has 116 valence electrons. The summed E-state index contributed by atoms with van der Waals surface area (Å²) in [5.41, 5.74) is 7.42. The molecule has 0 heterocycles. The third-order valence-electron chi connectivity index (χ3n) is 3.80. The predicted octanol–water partition coefficient (Wildman–Crippen LogP) is 2.82. The molecule has 21 heavy (non-hydrogen) atoms. The molecule has 2 rings (SSSR count). The SMILES string of the molecule is COC(=O)c1cc(NCCOC2CCCCC2)ccc1N. The number of nitrogens with one attached hydrogen (secondary N) is 1. The van der Waals surface area contributed by atoms with Gasteiger partial charge >= 0.3 is 5.97 Å². The van der Waals surface area contributed by atoms with E-state index >= 15 is 0 Å². The van der Waals surface area contributed by atoms with E-state index in [9.17, 15) is 4.79 Å². The Morgan fingerprint density at radius 1 is 1.33 bits per heavy atom. The van der Waals surface area contributed by atoms with Gasteiger partial charge in [-0.1, -0.05) is 19.3 Å². The average Bonchev–Trinajstić information content (AvgIpc) is 2.53. The Labute approximate surface area is 125 Å². The lowest BCUT2D eigenvalue weighted by Gasteiger charge is -2.22. The summed E-state index contributed by atoms with van der Waals surface area (Å²) in [6.45, 7) is 1.38. The highest BCUT2D eigenvalue weighted by molar-refractivity contribution is 5.96. The summed E-state index contributed by atoms with van der Waals surface area (Å²) in [5.74, 6) is -0.422. The van der Waals surface area contributed by atoms with Crippen molar-refractivity contribution in [3.63, 3.8) is 0 Å².